The van der Waals surface area contributed by atoms with E-state index in [1.165, 1.54) is 23.3 Å². The Labute approximate surface area is 101 Å². The van der Waals surface area contributed by atoms with Gasteiger partial charge in [-0.2, -0.15) is 0 Å². The fourth-order valence-corrected chi connectivity index (χ4v) is 2.72. The molecule has 1 heterocycles. The highest BCUT2D eigenvalue weighted by atomic mass is 32.2. The monoisotopic (exact) mass is 235 g/mol. The van der Waals surface area contributed by atoms with Gasteiger partial charge in [0, 0.05) is 17.5 Å². The zero-order chi connectivity index (χ0) is 10.8. The molecule has 2 fully saturated rings. The van der Waals surface area contributed by atoms with E-state index in [9.17, 15) is 0 Å². The molecule has 0 radical (unpaired) electrons. The standard InChI is InChI=1S/C13H17NOS/c1-5-12(16-13-8-15-9-13)6-2-10(1)7-14-11-3-4-11/h1-2,5-6,11,13-14H,3-4,7-9H2. The maximum atomic E-state index is 5.17. The summed E-state index contributed by atoms with van der Waals surface area (Å²) in [7, 11) is 0. The minimum Gasteiger partial charge on any atom is -0.379 e. The van der Waals surface area contributed by atoms with Crippen LogP contribution in [0.2, 0.25) is 0 Å². The van der Waals surface area contributed by atoms with Crippen molar-refractivity contribution in [3.8, 4) is 0 Å². The van der Waals surface area contributed by atoms with Crippen LogP contribution < -0.4 is 5.32 Å². The lowest BCUT2D eigenvalue weighted by molar-refractivity contribution is 0.0455. The Kier molecular flexibility index (Phi) is 3.18. The maximum absolute atomic E-state index is 5.17. The molecule has 86 valence electrons. The summed E-state index contributed by atoms with van der Waals surface area (Å²) < 4.78 is 5.17. The van der Waals surface area contributed by atoms with Gasteiger partial charge in [-0.05, 0) is 30.5 Å². The van der Waals surface area contributed by atoms with Gasteiger partial charge in [-0.1, -0.05) is 12.1 Å². The van der Waals surface area contributed by atoms with Crippen molar-refractivity contribution in [1.82, 2.24) is 5.32 Å². The highest BCUT2D eigenvalue weighted by Crippen LogP contribution is 2.28. The van der Waals surface area contributed by atoms with Crippen LogP contribution in [-0.2, 0) is 11.3 Å². The SMILES string of the molecule is c1cc(SC2COC2)ccc1CNC1CC1. The molecule has 1 saturated carbocycles. The molecule has 1 N–H and O–H groups in total. The van der Waals surface area contributed by atoms with Gasteiger partial charge in [0.15, 0.2) is 0 Å². The molecular weight excluding hydrogens is 218 g/mol. The summed E-state index contributed by atoms with van der Waals surface area (Å²) in [6.45, 7) is 2.84. The predicted molar refractivity (Wildman–Crippen MR) is 66.8 cm³/mol. The van der Waals surface area contributed by atoms with Crippen LogP contribution in [0.3, 0.4) is 0 Å². The average Bonchev–Trinajstić information content (AvgIpc) is 3.06. The van der Waals surface area contributed by atoms with E-state index in [0.717, 1.165) is 25.8 Å². The van der Waals surface area contributed by atoms with Gasteiger partial charge in [0.2, 0.25) is 0 Å². The smallest absolute Gasteiger partial charge is 0.0611 e. The first-order valence-electron chi connectivity index (χ1n) is 5.97. The van der Waals surface area contributed by atoms with Gasteiger partial charge >= 0.3 is 0 Å². The van der Waals surface area contributed by atoms with Crippen LogP contribution in [0.4, 0.5) is 0 Å². The Morgan fingerprint density at radius 3 is 2.50 bits per heavy atom. The molecule has 0 spiro atoms. The molecule has 2 aliphatic rings. The van der Waals surface area contributed by atoms with Crippen molar-refractivity contribution in [1.29, 1.82) is 0 Å². The van der Waals surface area contributed by atoms with E-state index in [1.54, 1.807) is 0 Å². The van der Waals surface area contributed by atoms with E-state index >= 15 is 0 Å². The molecule has 1 aliphatic heterocycles. The molecule has 0 bridgehead atoms. The second-order valence-electron chi connectivity index (χ2n) is 4.58. The van der Waals surface area contributed by atoms with Crippen molar-refractivity contribution >= 4 is 11.8 Å². The zero-order valence-corrected chi connectivity index (χ0v) is 10.1. The van der Waals surface area contributed by atoms with Gasteiger partial charge in [-0.25, -0.2) is 0 Å². The molecule has 0 amide bonds. The minimum atomic E-state index is 0.676. The Balaban J connectivity index is 1.51. The van der Waals surface area contributed by atoms with Crippen molar-refractivity contribution in [3.05, 3.63) is 29.8 Å². The molecule has 1 aromatic carbocycles. The molecule has 1 aromatic rings. The molecule has 16 heavy (non-hydrogen) atoms. The normalized spacial score (nSPS) is 20.8. The van der Waals surface area contributed by atoms with Crippen molar-refractivity contribution in [2.75, 3.05) is 13.2 Å². The van der Waals surface area contributed by atoms with Crippen LogP contribution in [0, 0.1) is 0 Å². The van der Waals surface area contributed by atoms with E-state index in [-0.39, 0.29) is 0 Å². The van der Waals surface area contributed by atoms with Gasteiger partial charge in [0.25, 0.3) is 0 Å². The fourth-order valence-electron chi connectivity index (χ4n) is 1.71. The molecule has 1 aliphatic carbocycles. The zero-order valence-electron chi connectivity index (χ0n) is 9.32. The summed E-state index contributed by atoms with van der Waals surface area (Å²) in [6, 6.07) is 9.72. The van der Waals surface area contributed by atoms with Gasteiger partial charge in [-0.15, -0.1) is 11.8 Å². The second-order valence-corrected chi connectivity index (χ2v) is 5.95. The summed E-state index contributed by atoms with van der Waals surface area (Å²) in [5, 5.41) is 4.20. The number of nitrogens with one attached hydrogen (secondary N) is 1. The summed E-state index contributed by atoms with van der Waals surface area (Å²) in [5.74, 6) is 0. The van der Waals surface area contributed by atoms with Crippen molar-refractivity contribution in [2.45, 2.75) is 35.6 Å². The Hall–Kier alpha value is -0.510. The topological polar surface area (TPSA) is 21.3 Å². The van der Waals surface area contributed by atoms with Crippen LogP contribution in [0.25, 0.3) is 0 Å². The summed E-state index contributed by atoms with van der Waals surface area (Å²) in [5.41, 5.74) is 1.39. The number of ether oxygens (including phenoxy) is 1. The Morgan fingerprint density at radius 1 is 1.19 bits per heavy atom. The molecule has 2 nitrogen and oxygen atoms in total. The number of rotatable bonds is 5. The first-order chi connectivity index (χ1) is 7.90. The first-order valence-corrected chi connectivity index (χ1v) is 6.85. The van der Waals surface area contributed by atoms with Crippen LogP contribution >= 0.6 is 11.8 Å². The lowest BCUT2D eigenvalue weighted by Crippen LogP contribution is -2.29. The third-order valence-electron chi connectivity index (χ3n) is 3.01. The van der Waals surface area contributed by atoms with E-state index < -0.39 is 0 Å². The molecule has 0 atom stereocenters. The maximum Gasteiger partial charge on any atom is 0.0611 e. The van der Waals surface area contributed by atoms with Crippen molar-refractivity contribution in [3.63, 3.8) is 0 Å². The highest BCUT2D eigenvalue weighted by Gasteiger charge is 2.20. The first kappa shape index (κ1) is 10.6. The average molecular weight is 235 g/mol. The van der Waals surface area contributed by atoms with E-state index in [4.69, 9.17) is 4.74 Å². The fraction of sp³-hybridized carbons (Fsp3) is 0.538. The minimum absolute atomic E-state index is 0.676. The van der Waals surface area contributed by atoms with Crippen molar-refractivity contribution in [2.24, 2.45) is 0 Å². The second kappa shape index (κ2) is 4.78. The lowest BCUT2D eigenvalue weighted by Gasteiger charge is -2.25. The van der Waals surface area contributed by atoms with E-state index in [0.29, 0.717) is 5.25 Å². The number of thioether (sulfide) groups is 1. The van der Waals surface area contributed by atoms with Crippen molar-refractivity contribution < 1.29 is 4.74 Å². The third-order valence-corrected chi connectivity index (χ3v) is 4.16. The summed E-state index contributed by atoms with van der Waals surface area (Å²) >= 11 is 1.93. The summed E-state index contributed by atoms with van der Waals surface area (Å²) in [6.07, 6.45) is 2.71. The number of benzene rings is 1. The molecule has 1 saturated heterocycles. The molecular formula is C13H17NOS. The van der Waals surface area contributed by atoms with Crippen LogP contribution in [0.1, 0.15) is 18.4 Å². The van der Waals surface area contributed by atoms with E-state index in [2.05, 4.69) is 29.6 Å². The molecule has 3 heteroatoms. The highest BCUT2D eigenvalue weighted by molar-refractivity contribution is 8.00. The Bertz CT molecular complexity index is 343. The van der Waals surface area contributed by atoms with Gasteiger partial charge in [0.05, 0.1) is 18.5 Å². The number of hydrogen-bond donors (Lipinski definition) is 1. The third kappa shape index (κ3) is 2.78. The van der Waals surface area contributed by atoms with Crippen LogP contribution in [0.5, 0.6) is 0 Å². The quantitative estimate of drug-likeness (QED) is 0.847. The van der Waals surface area contributed by atoms with Crippen LogP contribution in [0.15, 0.2) is 29.2 Å². The molecule has 0 aromatic heterocycles. The van der Waals surface area contributed by atoms with Gasteiger partial charge < -0.3 is 10.1 Å². The molecule has 3 rings (SSSR count). The summed E-state index contributed by atoms with van der Waals surface area (Å²) in [4.78, 5) is 1.36. The number of hydrogen-bond acceptors (Lipinski definition) is 3. The van der Waals surface area contributed by atoms with E-state index in [1.807, 2.05) is 11.8 Å². The predicted octanol–water partition coefficient (Wildman–Crippen LogP) is 2.43. The van der Waals surface area contributed by atoms with Gasteiger partial charge in [-0.3, -0.25) is 0 Å². The van der Waals surface area contributed by atoms with Gasteiger partial charge in [0.1, 0.15) is 0 Å². The van der Waals surface area contributed by atoms with Crippen LogP contribution in [-0.4, -0.2) is 24.5 Å². The lowest BCUT2D eigenvalue weighted by atomic mass is 10.2. The Morgan fingerprint density at radius 2 is 1.94 bits per heavy atom. The largest absolute Gasteiger partial charge is 0.379 e. The molecule has 0 unspecified atom stereocenters.